The van der Waals surface area contributed by atoms with Crippen molar-refractivity contribution in [2.24, 2.45) is 7.05 Å². The van der Waals surface area contributed by atoms with Gasteiger partial charge in [0.05, 0.1) is 12.5 Å². The topological polar surface area (TPSA) is 67.2 Å². The predicted molar refractivity (Wildman–Crippen MR) is 97.0 cm³/mol. The number of sulfonamides is 1. The Balaban J connectivity index is 1.63. The summed E-state index contributed by atoms with van der Waals surface area (Å²) < 4.78 is 27.2. The highest BCUT2D eigenvalue weighted by Crippen LogP contribution is 2.30. The number of nitrogens with zero attached hydrogens (tertiary/aromatic N) is 3. The number of aromatic nitrogens is 2. The number of anilines is 2. The molecule has 6 nitrogen and oxygen atoms in total. The van der Waals surface area contributed by atoms with Crippen LogP contribution in [0.15, 0.2) is 30.5 Å². The molecule has 0 amide bonds. The molecule has 1 aromatic heterocycles. The summed E-state index contributed by atoms with van der Waals surface area (Å²) in [4.78, 5) is 6.84. The number of hydrogen-bond donors (Lipinski definition) is 1. The van der Waals surface area contributed by atoms with E-state index in [-0.39, 0.29) is 0 Å². The zero-order chi connectivity index (χ0) is 17.3. The maximum Gasteiger partial charge on any atom is 0.229 e. The van der Waals surface area contributed by atoms with Gasteiger partial charge in [0.2, 0.25) is 16.0 Å². The Morgan fingerprint density at radius 3 is 2.29 bits per heavy atom. The van der Waals surface area contributed by atoms with E-state index in [1.165, 1.54) is 11.3 Å². The Hall–Kier alpha value is -2.02. The molecule has 2 heterocycles. The molecule has 1 fully saturated rings. The van der Waals surface area contributed by atoms with Crippen molar-refractivity contribution in [3.8, 4) is 0 Å². The maximum atomic E-state index is 11.3. The molecule has 1 aliphatic heterocycles. The van der Waals surface area contributed by atoms with Crippen LogP contribution < -0.4 is 9.62 Å². The highest BCUT2D eigenvalue weighted by atomic mass is 32.2. The minimum Gasteiger partial charge on any atom is -0.342 e. The summed E-state index contributed by atoms with van der Waals surface area (Å²) in [6.45, 7) is 4.03. The minimum absolute atomic E-state index is 0.509. The van der Waals surface area contributed by atoms with E-state index in [9.17, 15) is 8.42 Å². The van der Waals surface area contributed by atoms with E-state index in [0.717, 1.165) is 38.1 Å². The van der Waals surface area contributed by atoms with Crippen LogP contribution in [0.5, 0.6) is 0 Å². The van der Waals surface area contributed by atoms with E-state index < -0.39 is 10.0 Å². The van der Waals surface area contributed by atoms with Crippen LogP contribution in [0.2, 0.25) is 0 Å². The quantitative estimate of drug-likeness (QED) is 0.922. The van der Waals surface area contributed by atoms with Crippen LogP contribution in [0.3, 0.4) is 0 Å². The van der Waals surface area contributed by atoms with Gasteiger partial charge in [0, 0.05) is 31.5 Å². The van der Waals surface area contributed by atoms with E-state index in [1.807, 2.05) is 30.5 Å². The van der Waals surface area contributed by atoms with E-state index >= 15 is 0 Å². The van der Waals surface area contributed by atoms with Crippen molar-refractivity contribution >= 4 is 21.7 Å². The van der Waals surface area contributed by atoms with Crippen molar-refractivity contribution < 1.29 is 8.42 Å². The summed E-state index contributed by atoms with van der Waals surface area (Å²) in [5.41, 5.74) is 3.05. The van der Waals surface area contributed by atoms with Gasteiger partial charge in [0.15, 0.2) is 0 Å². The first-order chi connectivity index (χ1) is 11.3. The van der Waals surface area contributed by atoms with E-state index in [2.05, 4.69) is 33.1 Å². The minimum atomic E-state index is -3.22. The number of nitrogens with one attached hydrogen (secondary N) is 1. The summed E-state index contributed by atoms with van der Waals surface area (Å²) in [6, 6.07) is 7.73. The fourth-order valence-electron chi connectivity index (χ4n) is 3.23. The van der Waals surface area contributed by atoms with E-state index in [1.54, 1.807) is 0 Å². The van der Waals surface area contributed by atoms with Gasteiger partial charge in [-0.1, -0.05) is 12.1 Å². The van der Waals surface area contributed by atoms with Crippen molar-refractivity contribution in [2.45, 2.75) is 25.7 Å². The van der Waals surface area contributed by atoms with Crippen LogP contribution in [-0.2, 0) is 17.1 Å². The zero-order valence-electron chi connectivity index (χ0n) is 14.4. The summed E-state index contributed by atoms with van der Waals surface area (Å²) >= 11 is 0. The van der Waals surface area contributed by atoms with Crippen LogP contribution in [0.1, 0.15) is 30.0 Å². The first-order valence-corrected chi connectivity index (χ1v) is 10.0. The molecular weight excluding hydrogens is 324 g/mol. The Morgan fingerprint density at radius 2 is 1.79 bits per heavy atom. The van der Waals surface area contributed by atoms with Gasteiger partial charge in [0.1, 0.15) is 0 Å². The van der Waals surface area contributed by atoms with Crippen molar-refractivity contribution in [3.05, 3.63) is 41.7 Å². The highest BCUT2D eigenvalue weighted by molar-refractivity contribution is 7.92. The first kappa shape index (κ1) is 16.8. The summed E-state index contributed by atoms with van der Waals surface area (Å²) in [5, 5.41) is 0. The molecule has 1 N–H and O–H groups in total. The fourth-order valence-corrected chi connectivity index (χ4v) is 3.79. The number of imidazole rings is 1. The van der Waals surface area contributed by atoms with Crippen LogP contribution in [0.4, 0.5) is 11.6 Å². The van der Waals surface area contributed by atoms with E-state index in [4.69, 9.17) is 0 Å². The Morgan fingerprint density at radius 1 is 1.17 bits per heavy atom. The lowest BCUT2D eigenvalue weighted by Gasteiger charge is -2.33. The fraction of sp³-hybridized carbons (Fsp3) is 0.471. The first-order valence-electron chi connectivity index (χ1n) is 8.14. The normalized spacial score (nSPS) is 16.4. The molecule has 1 aromatic carbocycles. The third-order valence-electron chi connectivity index (χ3n) is 4.66. The third-order valence-corrected chi connectivity index (χ3v) is 5.27. The molecule has 0 saturated carbocycles. The van der Waals surface area contributed by atoms with Gasteiger partial charge in [-0.15, -0.1) is 0 Å². The molecule has 130 valence electrons. The van der Waals surface area contributed by atoms with Crippen molar-refractivity contribution in [1.29, 1.82) is 0 Å². The van der Waals surface area contributed by atoms with Crippen molar-refractivity contribution in [3.63, 3.8) is 0 Å². The van der Waals surface area contributed by atoms with Crippen LogP contribution in [0.25, 0.3) is 0 Å². The monoisotopic (exact) mass is 348 g/mol. The Labute approximate surface area is 143 Å². The lowest BCUT2D eigenvalue weighted by atomic mass is 9.89. The highest BCUT2D eigenvalue weighted by Gasteiger charge is 2.23. The molecule has 3 rings (SSSR count). The molecular formula is C17H24N4O2S. The van der Waals surface area contributed by atoms with Gasteiger partial charge >= 0.3 is 0 Å². The summed E-state index contributed by atoms with van der Waals surface area (Å²) in [6.07, 6.45) is 5.22. The summed E-state index contributed by atoms with van der Waals surface area (Å²) in [7, 11) is -1.17. The number of benzene rings is 1. The molecule has 0 aliphatic carbocycles. The lowest BCUT2D eigenvalue weighted by molar-refractivity contribution is 0.496. The molecule has 1 saturated heterocycles. The zero-order valence-corrected chi connectivity index (χ0v) is 15.2. The Kier molecular flexibility index (Phi) is 4.54. The van der Waals surface area contributed by atoms with Crippen LogP contribution in [0, 0.1) is 6.92 Å². The van der Waals surface area contributed by atoms with Crippen molar-refractivity contribution in [1.82, 2.24) is 9.55 Å². The number of piperidine rings is 1. The van der Waals surface area contributed by atoms with Gasteiger partial charge in [-0.2, -0.15) is 0 Å². The van der Waals surface area contributed by atoms with Gasteiger partial charge < -0.3 is 9.47 Å². The predicted octanol–water partition coefficient (Wildman–Crippen LogP) is 2.48. The van der Waals surface area contributed by atoms with Gasteiger partial charge in [0.25, 0.3) is 0 Å². The van der Waals surface area contributed by atoms with Crippen LogP contribution >= 0.6 is 0 Å². The van der Waals surface area contributed by atoms with E-state index in [0.29, 0.717) is 11.6 Å². The lowest BCUT2D eigenvalue weighted by Crippen LogP contribution is -2.34. The second-order valence-corrected chi connectivity index (χ2v) is 8.26. The number of rotatable bonds is 4. The third kappa shape index (κ3) is 3.72. The van der Waals surface area contributed by atoms with Gasteiger partial charge in [-0.25, -0.2) is 13.4 Å². The molecule has 7 heteroatoms. The smallest absolute Gasteiger partial charge is 0.229 e. The molecule has 0 unspecified atom stereocenters. The Bertz CT molecular complexity index is 804. The SMILES string of the molecule is Cc1cnc(N2CCC(c3ccc(NS(C)(=O)=O)cc3)CC2)n1C. The van der Waals surface area contributed by atoms with Gasteiger partial charge in [-0.3, -0.25) is 4.72 Å². The van der Waals surface area contributed by atoms with Gasteiger partial charge in [-0.05, 0) is 43.4 Å². The largest absolute Gasteiger partial charge is 0.342 e. The molecule has 1 aliphatic rings. The second kappa shape index (κ2) is 6.47. The number of aryl methyl sites for hydroxylation is 1. The maximum absolute atomic E-state index is 11.3. The average Bonchev–Trinajstić information content (AvgIpc) is 2.86. The number of hydrogen-bond acceptors (Lipinski definition) is 4. The summed E-state index contributed by atoms with van der Waals surface area (Å²) in [5.74, 6) is 1.55. The van der Waals surface area contributed by atoms with Crippen LogP contribution in [-0.4, -0.2) is 37.3 Å². The second-order valence-electron chi connectivity index (χ2n) is 6.52. The average molecular weight is 348 g/mol. The molecule has 2 aromatic rings. The molecule has 0 atom stereocenters. The molecule has 0 bridgehead atoms. The molecule has 0 radical (unpaired) electrons. The standard InChI is InChI=1S/C17H24N4O2S/c1-13-12-18-17(20(13)2)21-10-8-15(9-11-21)14-4-6-16(7-5-14)19-24(3,22)23/h4-7,12,15,19H,8-11H2,1-3H3. The molecule has 0 spiro atoms. The van der Waals surface area contributed by atoms with Crippen molar-refractivity contribution in [2.75, 3.05) is 29.0 Å². The molecule has 24 heavy (non-hydrogen) atoms.